The fourth-order valence-corrected chi connectivity index (χ4v) is 4.30. The molecule has 1 unspecified atom stereocenters. The van der Waals surface area contributed by atoms with Crippen molar-refractivity contribution in [2.45, 2.75) is 56.9 Å². The van der Waals surface area contributed by atoms with E-state index in [0.29, 0.717) is 5.92 Å². The second kappa shape index (κ2) is 7.83. The van der Waals surface area contributed by atoms with Crippen molar-refractivity contribution in [3.63, 3.8) is 0 Å². The van der Waals surface area contributed by atoms with Crippen LogP contribution >= 0.6 is 12.4 Å². The lowest BCUT2D eigenvalue weighted by atomic mass is 9.77. The van der Waals surface area contributed by atoms with E-state index in [1.165, 1.54) is 12.1 Å². The topological polar surface area (TPSA) is 46.3 Å². The molecule has 0 spiro atoms. The van der Waals surface area contributed by atoms with Crippen molar-refractivity contribution in [1.82, 2.24) is 4.90 Å². The van der Waals surface area contributed by atoms with Crippen LogP contribution in [0.4, 0.5) is 4.39 Å². The summed E-state index contributed by atoms with van der Waals surface area (Å²) in [5.41, 5.74) is 6.55. The predicted octanol–water partition coefficient (Wildman–Crippen LogP) is 3.65. The molecule has 1 atom stereocenters. The van der Waals surface area contributed by atoms with Gasteiger partial charge in [0.05, 0.1) is 5.41 Å². The number of amides is 1. The number of likely N-dealkylation sites (tertiary alicyclic amines) is 1. The fourth-order valence-electron chi connectivity index (χ4n) is 4.30. The van der Waals surface area contributed by atoms with Crippen LogP contribution < -0.4 is 5.73 Å². The number of benzene rings is 1. The van der Waals surface area contributed by atoms with E-state index < -0.39 is 5.41 Å². The van der Waals surface area contributed by atoms with Crippen molar-refractivity contribution < 1.29 is 9.18 Å². The number of halogens is 2. The van der Waals surface area contributed by atoms with Gasteiger partial charge in [-0.15, -0.1) is 12.4 Å². The molecular formula is C19H28ClFN2O. The average Bonchev–Trinajstić information content (AvgIpc) is 3.06. The van der Waals surface area contributed by atoms with Gasteiger partial charge < -0.3 is 10.6 Å². The van der Waals surface area contributed by atoms with Gasteiger partial charge in [-0.05, 0) is 56.2 Å². The minimum absolute atomic E-state index is 0. The molecule has 1 heterocycles. The largest absolute Gasteiger partial charge is 0.342 e. The van der Waals surface area contributed by atoms with Crippen molar-refractivity contribution in [3.8, 4) is 0 Å². The van der Waals surface area contributed by atoms with E-state index >= 15 is 0 Å². The first-order valence-electron chi connectivity index (χ1n) is 8.84. The van der Waals surface area contributed by atoms with E-state index in [-0.39, 0.29) is 30.2 Å². The highest BCUT2D eigenvalue weighted by Gasteiger charge is 2.45. The maximum absolute atomic E-state index is 13.3. The van der Waals surface area contributed by atoms with Crippen LogP contribution in [0.5, 0.6) is 0 Å². The molecule has 134 valence electrons. The number of hydrogen-bond donors (Lipinski definition) is 1. The Hall–Kier alpha value is -1.13. The van der Waals surface area contributed by atoms with Crippen LogP contribution in [-0.2, 0) is 10.2 Å². The van der Waals surface area contributed by atoms with Gasteiger partial charge in [-0.3, -0.25) is 4.79 Å². The molecule has 1 aliphatic heterocycles. The number of nitrogens with zero attached hydrogens (tertiary/aromatic N) is 1. The van der Waals surface area contributed by atoms with Crippen LogP contribution in [0, 0.1) is 11.7 Å². The van der Waals surface area contributed by atoms with E-state index in [9.17, 15) is 9.18 Å². The summed E-state index contributed by atoms with van der Waals surface area (Å²) in [5, 5.41) is 0. The molecule has 2 N–H and O–H groups in total. The lowest BCUT2D eigenvalue weighted by molar-refractivity contribution is -0.138. The first-order chi connectivity index (χ1) is 11.0. The highest BCUT2D eigenvalue weighted by atomic mass is 35.5. The normalized spacial score (nSPS) is 22.0. The molecular weight excluding hydrogens is 327 g/mol. The van der Waals surface area contributed by atoms with Gasteiger partial charge in [0.2, 0.25) is 5.91 Å². The molecule has 5 heteroatoms. The summed E-state index contributed by atoms with van der Waals surface area (Å²) in [6.07, 6.45) is 5.88. The summed E-state index contributed by atoms with van der Waals surface area (Å²) >= 11 is 0. The minimum atomic E-state index is -0.436. The zero-order valence-electron chi connectivity index (χ0n) is 14.3. The van der Waals surface area contributed by atoms with Gasteiger partial charge in [-0.1, -0.05) is 25.0 Å². The standard InChI is InChI=1S/C19H27FN2O.ClH/c1-14(21)15-8-12-22(13-9-15)18(23)19(10-2-3-11-19)16-4-6-17(20)7-5-16;/h4-7,14-15H,2-3,8-13,21H2,1H3;1H. The van der Waals surface area contributed by atoms with E-state index in [1.807, 2.05) is 4.90 Å². The molecule has 1 saturated carbocycles. The third kappa shape index (κ3) is 3.60. The molecule has 1 aromatic rings. The molecule has 1 aromatic carbocycles. The van der Waals surface area contributed by atoms with Crippen LogP contribution in [-0.4, -0.2) is 29.9 Å². The molecule has 24 heavy (non-hydrogen) atoms. The third-order valence-electron chi connectivity index (χ3n) is 5.83. The Morgan fingerprint density at radius 3 is 2.25 bits per heavy atom. The molecule has 0 aromatic heterocycles. The van der Waals surface area contributed by atoms with Crippen molar-refractivity contribution in [1.29, 1.82) is 0 Å². The summed E-state index contributed by atoms with van der Waals surface area (Å²) in [4.78, 5) is 15.3. The number of hydrogen-bond acceptors (Lipinski definition) is 2. The van der Waals surface area contributed by atoms with Crippen molar-refractivity contribution in [2.75, 3.05) is 13.1 Å². The third-order valence-corrected chi connectivity index (χ3v) is 5.83. The summed E-state index contributed by atoms with van der Waals surface area (Å²) in [6.45, 7) is 3.65. The number of carbonyl (C=O) groups is 1. The smallest absolute Gasteiger partial charge is 0.233 e. The second-order valence-corrected chi connectivity index (χ2v) is 7.28. The lowest BCUT2D eigenvalue weighted by Crippen LogP contribution is -2.50. The van der Waals surface area contributed by atoms with Crippen LogP contribution in [0.1, 0.15) is 51.0 Å². The monoisotopic (exact) mass is 354 g/mol. The number of carbonyl (C=O) groups excluding carboxylic acids is 1. The maximum Gasteiger partial charge on any atom is 0.233 e. The van der Waals surface area contributed by atoms with Gasteiger partial charge in [0.1, 0.15) is 5.82 Å². The number of nitrogens with two attached hydrogens (primary N) is 1. The van der Waals surface area contributed by atoms with Crippen LogP contribution in [0.15, 0.2) is 24.3 Å². The molecule has 3 rings (SSSR count). The van der Waals surface area contributed by atoms with Gasteiger partial charge in [0, 0.05) is 19.1 Å². The highest BCUT2D eigenvalue weighted by Crippen LogP contribution is 2.43. The molecule has 2 aliphatic rings. The van der Waals surface area contributed by atoms with Crippen LogP contribution in [0.25, 0.3) is 0 Å². The van der Waals surface area contributed by atoms with E-state index in [2.05, 4.69) is 6.92 Å². The van der Waals surface area contributed by atoms with Gasteiger partial charge >= 0.3 is 0 Å². The van der Waals surface area contributed by atoms with Crippen molar-refractivity contribution in [3.05, 3.63) is 35.6 Å². The van der Waals surface area contributed by atoms with E-state index in [1.54, 1.807) is 12.1 Å². The SMILES string of the molecule is CC(N)C1CCN(C(=O)C2(c3ccc(F)cc3)CCCC2)CC1.Cl. The summed E-state index contributed by atoms with van der Waals surface area (Å²) < 4.78 is 13.3. The van der Waals surface area contributed by atoms with E-state index in [4.69, 9.17) is 5.73 Å². The fraction of sp³-hybridized carbons (Fsp3) is 0.632. The number of rotatable bonds is 3. The lowest BCUT2D eigenvalue weighted by Gasteiger charge is -2.39. The van der Waals surface area contributed by atoms with Gasteiger partial charge in [0.15, 0.2) is 0 Å². The first-order valence-corrected chi connectivity index (χ1v) is 8.84. The highest BCUT2D eigenvalue weighted by molar-refractivity contribution is 5.88. The van der Waals surface area contributed by atoms with Crippen molar-refractivity contribution in [2.24, 2.45) is 11.7 Å². The summed E-state index contributed by atoms with van der Waals surface area (Å²) in [6, 6.07) is 6.75. The quantitative estimate of drug-likeness (QED) is 0.900. The summed E-state index contributed by atoms with van der Waals surface area (Å²) in [5.74, 6) is 0.515. The van der Waals surface area contributed by atoms with Gasteiger partial charge in [-0.25, -0.2) is 4.39 Å². The Morgan fingerprint density at radius 2 is 1.75 bits per heavy atom. The Bertz CT molecular complexity index is 547. The molecule has 0 radical (unpaired) electrons. The Morgan fingerprint density at radius 1 is 1.21 bits per heavy atom. The van der Waals surface area contributed by atoms with Gasteiger partial charge in [0.25, 0.3) is 0 Å². The molecule has 3 nitrogen and oxygen atoms in total. The van der Waals surface area contributed by atoms with Crippen molar-refractivity contribution >= 4 is 18.3 Å². The van der Waals surface area contributed by atoms with Crippen LogP contribution in [0.2, 0.25) is 0 Å². The van der Waals surface area contributed by atoms with E-state index in [0.717, 1.165) is 57.2 Å². The molecule has 1 aliphatic carbocycles. The maximum atomic E-state index is 13.3. The summed E-state index contributed by atoms with van der Waals surface area (Å²) in [7, 11) is 0. The Kier molecular flexibility index (Phi) is 6.27. The minimum Gasteiger partial charge on any atom is -0.342 e. The number of piperidine rings is 1. The zero-order chi connectivity index (χ0) is 16.4. The molecule has 1 saturated heterocycles. The zero-order valence-corrected chi connectivity index (χ0v) is 15.2. The Labute approximate surface area is 150 Å². The second-order valence-electron chi connectivity index (χ2n) is 7.28. The first kappa shape index (κ1) is 19.2. The molecule has 0 bridgehead atoms. The molecule has 2 fully saturated rings. The van der Waals surface area contributed by atoms with Gasteiger partial charge in [-0.2, -0.15) is 0 Å². The predicted molar refractivity (Wildman–Crippen MR) is 96.7 cm³/mol. The average molecular weight is 355 g/mol. The van der Waals surface area contributed by atoms with Crippen LogP contribution in [0.3, 0.4) is 0 Å². The Balaban J connectivity index is 0.00000208. The molecule has 1 amide bonds.